The number of amides is 1. The van der Waals surface area contributed by atoms with E-state index in [0.717, 1.165) is 47.1 Å². The molecule has 1 saturated heterocycles. The molecule has 0 aliphatic carbocycles. The first-order chi connectivity index (χ1) is 14.2. The Morgan fingerprint density at radius 3 is 2.79 bits per heavy atom. The molecule has 2 heterocycles. The number of likely N-dealkylation sites (tertiary alicyclic amines) is 1. The highest BCUT2D eigenvalue weighted by Gasteiger charge is 2.31. The largest absolute Gasteiger partial charge is 0.490 e. The van der Waals surface area contributed by atoms with Crippen LogP contribution in [0.15, 0.2) is 40.9 Å². The summed E-state index contributed by atoms with van der Waals surface area (Å²) in [4.78, 5) is 25.9. The van der Waals surface area contributed by atoms with Crippen LogP contribution in [0.4, 0.5) is 0 Å². The highest BCUT2D eigenvalue weighted by molar-refractivity contribution is 9.10. The summed E-state index contributed by atoms with van der Waals surface area (Å²) < 4.78 is 17.9. The van der Waals surface area contributed by atoms with Crippen LogP contribution in [-0.4, -0.2) is 43.5 Å². The van der Waals surface area contributed by atoms with Gasteiger partial charge < -0.3 is 19.1 Å². The summed E-state index contributed by atoms with van der Waals surface area (Å²) in [6.45, 7) is 1.85. The molecular weight excluding hydrogens is 438 g/mol. The number of fused-ring (bicyclic) bond motifs is 1. The van der Waals surface area contributed by atoms with Gasteiger partial charge >= 0.3 is 0 Å². The van der Waals surface area contributed by atoms with E-state index in [1.54, 1.807) is 18.2 Å². The van der Waals surface area contributed by atoms with E-state index in [1.165, 1.54) is 0 Å². The van der Waals surface area contributed by atoms with Crippen molar-refractivity contribution < 1.29 is 23.8 Å². The van der Waals surface area contributed by atoms with Crippen molar-refractivity contribution in [1.29, 1.82) is 0 Å². The molecule has 1 amide bonds. The lowest BCUT2D eigenvalue weighted by Crippen LogP contribution is -2.34. The molecule has 6 nitrogen and oxygen atoms in total. The van der Waals surface area contributed by atoms with Crippen LogP contribution in [0.2, 0.25) is 0 Å². The van der Waals surface area contributed by atoms with Crippen LogP contribution in [0.25, 0.3) is 0 Å². The average Bonchev–Trinajstić information content (AvgIpc) is 3.11. The van der Waals surface area contributed by atoms with Gasteiger partial charge in [0.05, 0.1) is 24.8 Å². The summed E-state index contributed by atoms with van der Waals surface area (Å²) in [7, 11) is 0. The lowest BCUT2D eigenvalue weighted by molar-refractivity contribution is -0.134. The minimum absolute atomic E-state index is 0.0151. The second-order valence-electron chi connectivity index (χ2n) is 7.09. The summed E-state index contributed by atoms with van der Waals surface area (Å²) in [6.07, 6.45) is 3.40. The Hall–Kier alpha value is -2.54. The number of carbonyl (C=O) groups is 2. The third kappa shape index (κ3) is 4.40. The highest BCUT2D eigenvalue weighted by atomic mass is 79.9. The molecule has 29 heavy (non-hydrogen) atoms. The number of benzene rings is 2. The molecule has 0 spiro atoms. The molecule has 0 saturated carbocycles. The molecule has 1 unspecified atom stereocenters. The normalized spacial score (nSPS) is 18.2. The van der Waals surface area contributed by atoms with Crippen LogP contribution in [0.5, 0.6) is 17.2 Å². The van der Waals surface area contributed by atoms with Crippen LogP contribution >= 0.6 is 15.9 Å². The molecule has 0 aromatic heterocycles. The second-order valence-corrected chi connectivity index (χ2v) is 8.01. The maximum atomic E-state index is 12.9. The van der Waals surface area contributed by atoms with Crippen LogP contribution in [0.3, 0.4) is 0 Å². The van der Waals surface area contributed by atoms with E-state index in [4.69, 9.17) is 14.2 Å². The second kappa shape index (κ2) is 8.86. The number of ether oxygens (including phenoxy) is 3. The lowest BCUT2D eigenvalue weighted by Gasteiger charge is -2.26. The average molecular weight is 460 g/mol. The van der Waals surface area contributed by atoms with Crippen molar-refractivity contribution in [2.24, 2.45) is 0 Å². The van der Waals surface area contributed by atoms with Gasteiger partial charge in [0.2, 0.25) is 0 Å². The molecule has 152 valence electrons. The van der Waals surface area contributed by atoms with Gasteiger partial charge in [-0.2, -0.15) is 0 Å². The number of halogens is 1. The Labute approximate surface area is 177 Å². The molecule has 2 aromatic carbocycles. The highest BCUT2D eigenvalue weighted by Crippen LogP contribution is 2.38. The molecule has 0 radical (unpaired) electrons. The van der Waals surface area contributed by atoms with Gasteiger partial charge in [-0.15, -0.1) is 0 Å². The first-order valence-corrected chi connectivity index (χ1v) is 10.5. The molecule has 7 heteroatoms. The fourth-order valence-corrected chi connectivity index (χ4v) is 4.14. The van der Waals surface area contributed by atoms with Crippen LogP contribution in [0, 0.1) is 0 Å². The van der Waals surface area contributed by atoms with Gasteiger partial charge in [-0.25, -0.2) is 0 Å². The van der Waals surface area contributed by atoms with Gasteiger partial charge in [0.15, 0.2) is 24.4 Å². The Bertz CT molecular complexity index is 916. The van der Waals surface area contributed by atoms with E-state index in [9.17, 15) is 9.59 Å². The van der Waals surface area contributed by atoms with E-state index < -0.39 is 0 Å². The molecule has 2 aliphatic heterocycles. The van der Waals surface area contributed by atoms with Crippen molar-refractivity contribution in [3.05, 3.63) is 52.0 Å². The molecule has 2 aliphatic rings. The number of nitrogens with zero attached hydrogens (tertiary/aromatic N) is 1. The van der Waals surface area contributed by atoms with E-state index >= 15 is 0 Å². The Morgan fingerprint density at radius 1 is 1.14 bits per heavy atom. The third-order valence-corrected chi connectivity index (χ3v) is 5.67. The minimum Gasteiger partial charge on any atom is -0.490 e. The third-order valence-electron chi connectivity index (χ3n) is 5.18. The van der Waals surface area contributed by atoms with Gasteiger partial charge in [0.1, 0.15) is 5.75 Å². The van der Waals surface area contributed by atoms with Gasteiger partial charge in [0, 0.05) is 17.4 Å². The molecule has 0 N–H and O–H groups in total. The maximum absolute atomic E-state index is 12.9. The zero-order valence-corrected chi connectivity index (χ0v) is 17.5. The zero-order valence-electron chi connectivity index (χ0n) is 15.9. The first-order valence-electron chi connectivity index (χ1n) is 9.72. The van der Waals surface area contributed by atoms with Crippen molar-refractivity contribution in [3.8, 4) is 17.2 Å². The van der Waals surface area contributed by atoms with E-state index in [1.807, 2.05) is 23.1 Å². The predicted octanol–water partition coefficient (Wildman–Crippen LogP) is 4.17. The molecule has 1 fully saturated rings. The summed E-state index contributed by atoms with van der Waals surface area (Å²) in [5.41, 5.74) is 1.45. The standard InChI is InChI=1S/C22H22BrNO5/c23-17-5-7-19(16(11-17)13-25)29-14-22(26)24-8-1-3-18(24)15-4-6-20-21(12-15)28-10-2-9-27-20/h4-7,11-13,18H,1-3,8-10,14H2. The van der Waals surface area contributed by atoms with E-state index in [2.05, 4.69) is 15.9 Å². The topological polar surface area (TPSA) is 65.1 Å². The van der Waals surface area contributed by atoms with E-state index in [-0.39, 0.29) is 18.6 Å². The lowest BCUT2D eigenvalue weighted by atomic mass is 10.0. The molecule has 0 bridgehead atoms. The fourth-order valence-electron chi connectivity index (χ4n) is 3.76. The van der Waals surface area contributed by atoms with Gasteiger partial charge in [0.25, 0.3) is 5.91 Å². The van der Waals surface area contributed by atoms with Crippen LogP contribution < -0.4 is 14.2 Å². The van der Waals surface area contributed by atoms with Crippen molar-refractivity contribution in [3.63, 3.8) is 0 Å². The summed E-state index contributed by atoms with van der Waals surface area (Å²) in [5.74, 6) is 1.80. The smallest absolute Gasteiger partial charge is 0.261 e. The quantitative estimate of drug-likeness (QED) is 0.627. The number of aldehydes is 1. The van der Waals surface area contributed by atoms with Crippen LogP contribution in [0.1, 0.15) is 41.2 Å². The molecule has 1 atom stereocenters. The van der Waals surface area contributed by atoms with Crippen molar-refractivity contribution in [1.82, 2.24) is 4.90 Å². The number of carbonyl (C=O) groups excluding carboxylic acids is 2. The van der Waals surface area contributed by atoms with Crippen LogP contribution in [-0.2, 0) is 4.79 Å². The van der Waals surface area contributed by atoms with Gasteiger partial charge in [-0.1, -0.05) is 22.0 Å². The summed E-state index contributed by atoms with van der Waals surface area (Å²) >= 11 is 3.33. The predicted molar refractivity (Wildman–Crippen MR) is 111 cm³/mol. The fraction of sp³-hybridized carbons (Fsp3) is 0.364. The minimum atomic E-state index is -0.108. The summed E-state index contributed by atoms with van der Waals surface area (Å²) in [5, 5.41) is 0. The van der Waals surface area contributed by atoms with Crippen molar-refractivity contribution >= 4 is 28.1 Å². The number of hydrogen-bond donors (Lipinski definition) is 0. The number of rotatable bonds is 5. The maximum Gasteiger partial charge on any atom is 0.261 e. The Kier molecular flexibility index (Phi) is 6.04. The molecule has 2 aromatic rings. The number of hydrogen-bond acceptors (Lipinski definition) is 5. The monoisotopic (exact) mass is 459 g/mol. The molecule has 4 rings (SSSR count). The van der Waals surface area contributed by atoms with E-state index in [0.29, 0.717) is 31.1 Å². The van der Waals surface area contributed by atoms with Crippen molar-refractivity contribution in [2.45, 2.75) is 25.3 Å². The van der Waals surface area contributed by atoms with Crippen molar-refractivity contribution in [2.75, 3.05) is 26.4 Å². The van der Waals surface area contributed by atoms with Gasteiger partial charge in [-0.05, 0) is 48.7 Å². The Balaban J connectivity index is 1.46. The SMILES string of the molecule is O=Cc1cc(Br)ccc1OCC(=O)N1CCCC1c1ccc2c(c1)OCCCO2. The first kappa shape index (κ1) is 19.8. The van der Waals surface area contributed by atoms with Gasteiger partial charge in [-0.3, -0.25) is 9.59 Å². The summed E-state index contributed by atoms with van der Waals surface area (Å²) in [6, 6.07) is 11.0. The Morgan fingerprint density at radius 2 is 1.97 bits per heavy atom. The zero-order chi connectivity index (χ0) is 20.2. The molecular formula is C22H22BrNO5.